The predicted molar refractivity (Wildman–Crippen MR) is 129 cm³/mol. The summed E-state index contributed by atoms with van der Waals surface area (Å²) in [6, 6.07) is 8.60. The van der Waals surface area contributed by atoms with E-state index in [1.807, 2.05) is 4.90 Å². The highest BCUT2D eigenvalue weighted by Gasteiger charge is 2.41. The predicted octanol–water partition coefficient (Wildman–Crippen LogP) is 4.63. The number of anilines is 1. The Kier molecular flexibility index (Phi) is 4.72. The summed E-state index contributed by atoms with van der Waals surface area (Å²) in [5.41, 5.74) is 12.5. The third-order valence-corrected chi connectivity index (χ3v) is 6.97. The molecule has 0 saturated heterocycles. The van der Waals surface area contributed by atoms with Crippen LogP contribution < -0.4 is 5.73 Å². The van der Waals surface area contributed by atoms with Crippen LogP contribution in [-0.2, 0) is 13.0 Å². The standard InChI is InChI=1S/C26H28N6O2/c1-14(2)32-18-12-31(11-10-16-6-4-15(3)5-7-16)26(33)21-22(30-34-23(21)17-8-9-17)19(18)20-24(27)28-13-29-25(20)32/h4-7,13-14,17H,8-12H2,1-3H3,(H2,27,28,29). The summed E-state index contributed by atoms with van der Waals surface area (Å²) in [5, 5.41) is 5.20. The van der Waals surface area contributed by atoms with Gasteiger partial charge in [-0.3, -0.25) is 4.79 Å². The number of hydrogen-bond acceptors (Lipinski definition) is 6. The van der Waals surface area contributed by atoms with Gasteiger partial charge in [0, 0.05) is 29.8 Å². The first kappa shape index (κ1) is 20.9. The lowest BCUT2D eigenvalue weighted by atomic mass is 10.0. The molecule has 8 nitrogen and oxygen atoms in total. The summed E-state index contributed by atoms with van der Waals surface area (Å²) < 4.78 is 7.98. The molecule has 1 amide bonds. The molecule has 2 N–H and O–H groups in total. The number of carbonyl (C=O) groups is 1. The van der Waals surface area contributed by atoms with Crippen molar-refractivity contribution in [1.29, 1.82) is 0 Å². The number of amides is 1. The van der Waals surface area contributed by atoms with E-state index in [4.69, 9.17) is 10.3 Å². The number of hydrogen-bond donors (Lipinski definition) is 1. The van der Waals surface area contributed by atoms with Crippen LogP contribution in [0, 0.1) is 6.92 Å². The third-order valence-electron chi connectivity index (χ3n) is 6.97. The van der Waals surface area contributed by atoms with Crippen LogP contribution in [0.5, 0.6) is 0 Å². The van der Waals surface area contributed by atoms with Gasteiger partial charge >= 0.3 is 0 Å². The lowest BCUT2D eigenvalue weighted by Gasteiger charge is -2.23. The number of benzene rings is 1. The normalized spacial score (nSPS) is 15.6. The highest BCUT2D eigenvalue weighted by atomic mass is 16.5. The van der Waals surface area contributed by atoms with E-state index in [9.17, 15) is 4.79 Å². The Morgan fingerprint density at radius 3 is 2.62 bits per heavy atom. The lowest BCUT2D eigenvalue weighted by Crippen LogP contribution is -2.33. The van der Waals surface area contributed by atoms with Gasteiger partial charge in [-0.1, -0.05) is 35.0 Å². The molecule has 1 saturated carbocycles. The zero-order chi connectivity index (χ0) is 23.6. The molecule has 34 heavy (non-hydrogen) atoms. The summed E-state index contributed by atoms with van der Waals surface area (Å²) in [5.74, 6) is 1.32. The van der Waals surface area contributed by atoms with Gasteiger partial charge in [-0.15, -0.1) is 0 Å². The monoisotopic (exact) mass is 456 g/mol. The van der Waals surface area contributed by atoms with Gasteiger partial charge in [-0.2, -0.15) is 0 Å². The van der Waals surface area contributed by atoms with Crippen molar-refractivity contribution in [1.82, 2.24) is 24.6 Å². The van der Waals surface area contributed by atoms with Gasteiger partial charge in [-0.25, -0.2) is 9.97 Å². The number of nitrogens with two attached hydrogens (primary N) is 1. The largest absolute Gasteiger partial charge is 0.383 e. The Balaban J connectivity index is 1.53. The molecule has 1 aliphatic heterocycles. The number of aromatic nitrogens is 4. The van der Waals surface area contributed by atoms with Gasteiger partial charge in [0.2, 0.25) is 0 Å². The molecule has 1 aromatic carbocycles. The molecule has 3 aromatic heterocycles. The van der Waals surface area contributed by atoms with E-state index in [2.05, 4.69) is 64.7 Å². The van der Waals surface area contributed by atoms with Crippen molar-refractivity contribution in [3.63, 3.8) is 0 Å². The van der Waals surface area contributed by atoms with Crippen LogP contribution in [0.1, 0.15) is 71.6 Å². The van der Waals surface area contributed by atoms with Gasteiger partial charge < -0.3 is 19.7 Å². The molecular weight excluding hydrogens is 428 g/mol. The minimum atomic E-state index is -0.0275. The summed E-state index contributed by atoms with van der Waals surface area (Å²) in [7, 11) is 0. The Morgan fingerprint density at radius 2 is 1.91 bits per heavy atom. The van der Waals surface area contributed by atoms with Crippen LogP contribution in [0.3, 0.4) is 0 Å². The molecule has 1 fully saturated rings. The molecule has 1 aliphatic carbocycles. The van der Waals surface area contributed by atoms with E-state index in [0.29, 0.717) is 35.9 Å². The first-order chi connectivity index (χ1) is 16.4. The second-order valence-electron chi connectivity index (χ2n) is 9.75. The van der Waals surface area contributed by atoms with Crippen LogP contribution in [0.15, 0.2) is 35.1 Å². The first-order valence-electron chi connectivity index (χ1n) is 11.9. The number of carbonyl (C=O) groups excluding carboxylic acids is 1. The van der Waals surface area contributed by atoms with Gasteiger partial charge in [0.1, 0.15) is 29.0 Å². The molecule has 174 valence electrons. The van der Waals surface area contributed by atoms with E-state index in [-0.39, 0.29) is 17.9 Å². The van der Waals surface area contributed by atoms with Gasteiger partial charge in [0.25, 0.3) is 5.91 Å². The quantitative estimate of drug-likeness (QED) is 0.469. The number of fused-ring (bicyclic) bond motifs is 5. The molecule has 4 aromatic rings. The van der Waals surface area contributed by atoms with E-state index in [1.54, 1.807) is 0 Å². The summed E-state index contributed by atoms with van der Waals surface area (Å²) in [6.45, 7) is 7.35. The minimum Gasteiger partial charge on any atom is -0.383 e. The fraction of sp³-hybridized carbons (Fsp3) is 0.385. The van der Waals surface area contributed by atoms with Gasteiger partial charge in [0.15, 0.2) is 5.76 Å². The summed E-state index contributed by atoms with van der Waals surface area (Å²) in [6.07, 6.45) is 4.30. The van der Waals surface area contributed by atoms with Crippen LogP contribution >= 0.6 is 0 Å². The van der Waals surface area contributed by atoms with Crippen molar-refractivity contribution in [3.05, 3.63) is 58.7 Å². The molecule has 2 aliphatic rings. The van der Waals surface area contributed by atoms with E-state index < -0.39 is 0 Å². The third kappa shape index (κ3) is 3.20. The average Bonchev–Trinajstić information content (AvgIpc) is 3.50. The van der Waals surface area contributed by atoms with Crippen LogP contribution in [0.2, 0.25) is 0 Å². The van der Waals surface area contributed by atoms with Gasteiger partial charge in [0.05, 0.1) is 11.9 Å². The Bertz CT molecular complexity index is 1410. The fourth-order valence-corrected chi connectivity index (χ4v) is 5.09. The van der Waals surface area contributed by atoms with Crippen molar-refractivity contribution >= 4 is 22.8 Å². The van der Waals surface area contributed by atoms with Crippen LogP contribution in [-0.4, -0.2) is 37.0 Å². The molecule has 4 heterocycles. The number of aryl methyl sites for hydroxylation is 1. The second-order valence-corrected chi connectivity index (χ2v) is 9.75. The maximum Gasteiger partial charge on any atom is 0.260 e. The molecule has 8 heteroatoms. The minimum absolute atomic E-state index is 0.0275. The fourth-order valence-electron chi connectivity index (χ4n) is 5.09. The van der Waals surface area contributed by atoms with E-state index >= 15 is 0 Å². The molecule has 0 bridgehead atoms. The van der Waals surface area contributed by atoms with Crippen LogP contribution in [0.25, 0.3) is 22.3 Å². The SMILES string of the molecule is Cc1ccc(CCN2Cc3c(c4c(N)ncnc4n3C(C)C)-c3noc(C4CC4)c3C2=O)cc1. The lowest BCUT2D eigenvalue weighted by molar-refractivity contribution is 0.0742. The van der Waals surface area contributed by atoms with Crippen LogP contribution in [0.4, 0.5) is 5.82 Å². The van der Waals surface area contributed by atoms with Gasteiger partial charge in [-0.05, 0) is 45.6 Å². The molecular formula is C26H28N6O2. The topological polar surface area (TPSA) is 103 Å². The first-order valence-corrected chi connectivity index (χ1v) is 11.9. The van der Waals surface area contributed by atoms with Crippen molar-refractivity contribution in [2.24, 2.45) is 0 Å². The van der Waals surface area contributed by atoms with Crippen molar-refractivity contribution in [3.8, 4) is 11.3 Å². The van der Waals surface area contributed by atoms with Crippen molar-refractivity contribution in [2.75, 3.05) is 12.3 Å². The number of rotatable bonds is 5. The van der Waals surface area contributed by atoms with Crippen molar-refractivity contribution < 1.29 is 9.32 Å². The Labute approximate surface area is 197 Å². The molecule has 0 radical (unpaired) electrons. The summed E-state index contributed by atoms with van der Waals surface area (Å²) >= 11 is 0. The molecule has 6 rings (SSSR count). The highest BCUT2D eigenvalue weighted by Crippen LogP contribution is 2.48. The molecule has 0 atom stereocenters. The van der Waals surface area contributed by atoms with E-state index in [1.165, 1.54) is 17.5 Å². The zero-order valence-electron chi connectivity index (χ0n) is 19.7. The maximum absolute atomic E-state index is 13.9. The second kappa shape index (κ2) is 7.68. The highest BCUT2D eigenvalue weighted by molar-refractivity contribution is 6.09. The van der Waals surface area contributed by atoms with Crippen molar-refractivity contribution in [2.45, 2.75) is 58.5 Å². The Hall–Kier alpha value is -3.68. The molecule has 0 spiro atoms. The number of nitrogen functional groups attached to an aromatic ring is 1. The molecule has 0 unspecified atom stereocenters. The zero-order valence-corrected chi connectivity index (χ0v) is 19.7. The average molecular weight is 457 g/mol. The Morgan fingerprint density at radius 1 is 1.15 bits per heavy atom. The summed E-state index contributed by atoms with van der Waals surface area (Å²) in [4.78, 5) is 24.7. The smallest absolute Gasteiger partial charge is 0.260 e. The van der Waals surface area contributed by atoms with E-state index in [0.717, 1.165) is 41.6 Å². The maximum atomic E-state index is 13.9. The number of nitrogens with zero attached hydrogens (tertiary/aromatic N) is 5.